The number of ether oxygens (including phenoxy) is 1. The molecule has 0 aliphatic heterocycles. The average Bonchev–Trinajstić information content (AvgIpc) is 2.98. The van der Waals surface area contributed by atoms with Crippen molar-refractivity contribution in [2.24, 2.45) is 5.11 Å². The standard InChI is InChI=1S/C17H15FN4O/c18-14-6-7-15-16(13(10-20-15)8-9-21-22-19)17(14)23-11-12-4-2-1-3-5-12/h1-7,10,20H,8-9,11H2. The third-order valence-electron chi connectivity index (χ3n) is 3.60. The van der Waals surface area contributed by atoms with Crippen LogP contribution in [-0.2, 0) is 13.0 Å². The van der Waals surface area contributed by atoms with Crippen molar-refractivity contribution >= 4 is 10.9 Å². The minimum atomic E-state index is -0.405. The van der Waals surface area contributed by atoms with Crippen molar-refractivity contribution in [2.45, 2.75) is 13.0 Å². The number of nitrogens with one attached hydrogen (secondary N) is 1. The molecule has 0 amide bonds. The second-order valence-electron chi connectivity index (χ2n) is 5.09. The Morgan fingerprint density at radius 2 is 2.00 bits per heavy atom. The molecular formula is C17H15FN4O. The molecular weight excluding hydrogens is 295 g/mol. The van der Waals surface area contributed by atoms with Crippen molar-refractivity contribution in [3.8, 4) is 5.75 Å². The van der Waals surface area contributed by atoms with Gasteiger partial charge in [0.25, 0.3) is 0 Å². The van der Waals surface area contributed by atoms with Crippen molar-refractivity contribution in [3.05, 3.63) is 76.0 Å². The average molecular weight is 310 g/mol. The summed E-state index contributed by atoms with van der Waals surface area (Å²) in [5.74, 6) is -0.179. The number of hydrogen-bond acceptors (Lipinski definition) is 2. The molecule has 3 aromatic rings. The van der Waals surface area contributed by atoms with E-state index in [4.69, 9.17) is 10.3 Å². The fourth-order valence-corrected chi connectivity index (χ4v) is 2.52. The number of benzene rings is 2. The van der Waals surface area contributed by atoms with Crippen LogP contribution in [0.1, 0.15) is 11.1 Å². The van der Waals surface area contributed by atoms with Gasteiger partial charge in [-0.3, -0.25) is 0 Å². The van der Waals surface area contributed by atoms with Gasteiger partial charge in [0.1, 0.15) is 6.61 Å². The van der Waals surface area contributed by atoms with Gasteiger partial charge in [-0.1, -0.05) is 35.4 Å². The lowest BCUT2D eigenvalue weighted by Crippen LogP contribution is -1.99. The molecule has 0 saturated heterocycles. The van der Waals surface area contributed by atoms with Gasteiger partial charge in [-0.15, -0.1) is 0 Å². The van der Waals surface area contributed by atoms with Crippen LogP contribution >= 0.6 is 0 Å². The van der Waals surface area contributed by atoms with E-state index in [0.29, 0.717) is 18.4 Å². The van der Waals surface area contributed by atoms with Crippen LogP contribution < -0.4 is 4.74 Å². The Bertz CT molecular complexity index is 854. The van der Waals surface area contributed by atoms with E-state index < -0.39 is 5.82 Å². The highest BCUT2D eigenvalue weighted by Crippen LogP contribution is 2.32. The van der Waals surface area contributed by atoms with E-state index in [1.807, 2.05) is 30.3 Å². The smallest absolute Gasteiger partial charge is 0.165 e. The number of aromatic nitrogens is 1. The predicted molar refractivity (Wildman–Crippen MR) is 86.7 cm³/mol. The second kappa shape index (κ2) is 6.85. The van der Waals surface area contributed by atoms with Gasteiger partial charge >= 0.3 is 0 Å². The van der Waals surface area contributed by atoms with Gasteiger partial charge in [0.2, 0.25) is 0 Å². The molecule has 2 aromatic carbocycles. The summed E-state index contributed by atoms with van der Waals surface area (Å²) in [5, 5.41) is 4.23. The molecule has 0 spiro atoms. The van der Waals surface area contributed by atoms with E-state index in [1.54, 1.807) is 12.3 Å². The Morgan fingerprint density at radius 1 is 1.17 bits per heavy atom. The monoisotopic (exact) mass is 310 g/mol. The van der Waals surface area contributed by atoms with E-state index in [1.165, 1.54) is 6.07 Å². The first-order valence-corrected chi connectivity index (χ1v) is 7.25. The molecule has 0 unspecified atom stereocenters. The third kappa shape index (κ3) is 3.27. The number of azide groups is 1. The van der Waals surface area contributed by atoms with Crippen LogP contribution in [0.5, 0.6) is 5.75 Å². The number of aromatic amines is 1. The molecule has 116 valence electrons. The number of fused-ring (bicyclic) bond motifs is 1. The topological polar surface area (TPSA) is 73.8 Å². The highest BCUT2D eigenvalue weighted by molar-refractivity contribution is 5.89. The zero-order chi connectivity index (χ0) is 16.1. The molecule has 0 radical (unpaired) electrons. The van der Waals surface area contributed by atoms with Gasteiger partial charge < -0.3 is 9.72 Å². The van der Waals surface area contributed by atoms with Crippen LogP contribution in [0.15, 0.2) is 53.8 Å². The van der Waals surface area contributed by atoms with Crippen LogP contribution in [0.25, 0.3) is 21.3 Å². The molecule has 0 fully saturated rings. The van der Waals surface area contributed by atoms with Crippen molar-refractivity contribution in [1.82, 2.24) is 4.98 Å². The van der Waals surface area contributed by atoms with Gasteiger partial charge in [-0.2, -0.15) is 0 Å². The van der Waals surface area contributed by atoms with E-state index >= 15 is 0 Å². The van der Waals surface area contributed by atoms with Gasteiger partial charge in [0.05, 0.1) is 0 Å². The summed E-state index contributed by atoms with van der Waals surface area (Å²) >= 11 is 0. The van der Waals surface area contributed by atoms with Crippen molar-refractivity contribution in [1.29, 1.82) is 0 Å². The maximum atomic E-state index is 14.2. The zero-order valence-corrected chi connectivity index (χ0v) is 12.4. The van der Waals surface area contributed by atoms with E-state index in [2.05, 4.69) is 15.0 Å². The maximum Gasteiger partial charge on any atom is 0.165 e. The lowest BCUT2D eigenvalue weighted by Gasteiger charge is -2.10. The number of H-pyrrole nitrogens is 1. The summed E-state index contributed by atoms with van der Waals surface area (Å²) in [5.41, 5.74) is 11.0. The molecule has 0 saturated carbocycles. The Labute approximate surface area is 132 Å². The number of rotatable bonds is 6. The molecule has 1 aromatic heterocycles. The van der Waals surface area contributed by atoms with Gasteiger partial charge in [0.15, 0.2) is 11.6 Å². The summed E-state index contributed by atoms with van der Waals surface area (Å²) in [6, 6.07) is 12.7. The largest absolute Gasteiger partial charge is 0.485 e. The van der Waals surface area contributed by atoms with E-state index in [0.717, 1.165) is 16.6 Å². The minimum absolute atomic E-state index is 0.226. The van der Waals surface area contributed by atoms with Gasteiger partial charge in [-0.25, -0.2) is 4.39 Å². The lowest BCUT2D eigenvalue weighted by molar-refractivity contribution is 0.294. The molecule has 23 heavy (non-hydrogen) atoms. The number of halogens is 1. The van der Waals surface area contributed by atoms with Crippen LogP contribution in [0.3, 0.4) is 0 Å². The van der Waals surface area contributed by atoms with Crippen molar-refractivity contribution in [3.63, 3.8) is 0 Å². The maximum absolute atomic E-state index is 14.2. The lowest BCUT2D eigenvalue weighted by atomic mass is 10.1. The Kier molecular flexibility index (Phi) is 4.45. The summed E-state index contributed by atoms with van der Waals surface area (Å²) in [6.07, 6.45) is 2.32. The third-order valence-corrected chi connectivity index (χ3v) is 3.60. The summed E-state index contributed by atoms with van der Waals surface area (Å²) in [7, 11) is 0. The van der Waals surface area contributed by atoms with Crippen LogP contribution in [0.4, 0.5) is 4.39 Å². The summed E-state index contributed by atoms with van der Waals surface area (Å²) in [4.78, 5) is 5.84. The predicted octanol–water partition coefficient (Wildman–Crippen LogP) is 4.74. The summed E-state index contributed by atoms with van der Waals surface area (Å²) < 4.78 is 20.0. The SMILES string of the molecule is [N-]=[N+]=NCCc1c[nH]c2ccc(F)c(OCc3ccccc3)c12. The quantitative estimate of drug-likeness (QED) is 0.398. The Balaban J connectivity index is 1.92. The molecule has 3 rings (SSSR count). The van der Waals surface area contributed by atoms with Gasteiger partial charge in [0, 0.05) is 28.6 Å². The summed E-state index contributed by atoms with van der Waals surface area (Å²) in [6.45, 7) is 0.607. The first-order valence-electron chi connectivity index (χ1n) is 7.25. The van der Waals surface area contributed by atoms with Gasteiger partial charge in [-0.05, 0) is 35.2 Å². The highest BCUT2D eigenvalue weighted by atomic mass is 19.1. The fourth-order valence-electron chi connectivity index (χ4n) is 2.52. The Morgan fingerprint density at radius 3 is 2.78 bits per heavy atom. The molecule has 0 atom stereocenters. The molecule has 1 heterocycles. The first-order chi connectivity index (χ1) is 11.3. The van der Waals surface area contributed by atoms with Crippen LogP contribution in [0, 0.1) is 5.82 Å². The highest BCUT2D eigenvalue weighted by Gasteiger charge is 2.14. The molecule has 0 bridgehead atoms. The van der Waals surface area contributed by atoms with E-state index in [-0.39, 0.29) is 12.4 Å². The molecule has 5 nitrogen and oxygen atoms in total. The molecule has 6 heteroatoms. The minimum Gasteiger partial charge on any atom is -0.485 e. The molecule has 0 aliphatic carbocycles. The molecule has 1 N–H and O–H groups in total. The van der Waals surface area contributed by atoms with E-state index in [9.17, 15) is 4.39 Å². The second-order valence-corrected chi connectivity index (χ2v) is 5.09. The normalized spacial score (nSPS) is 10.5. The van der Waals surface area contributed by atoms with Crippen molar-refractivity contribution in [2.75, 3.05) is 6.54 Å². The molecule has 0 aliphatic rings. The van der Waals surface area contributed by atoms with Crippen LogP contribution in [0.2, 0.25) is 0 Å². The number of hydrogen-bond donors (Lipinski definition) is 1. The van der Waals surface area contributed by atoms with Crippen LogP contribution in [-0.4, -0.2) is 11.5 Å². The Hall–Kier alpha value is -2.98. The van der Waals surface area contributed by atoms with Crippen molar-refractivity contribution < 1.29 is 9.13 Å². The number of nitrogens with zero attached hydrogens (tertiary/aromatic N) is 3. The zero-order valence-electron chi connectivity index (χ0n) is 12.4. The first kappa shape index (κ1) is 14.9. The fraction of sp³-hybridized carbons (Fsp3) is 0.176.